The van der Waals surface area contributed by atoms with E-state index in [4.69, 9.17) is 11.5 Å². The van der Waals surface area contributed by atoms with Crippen LogP contribution in [0.5, 0.6) is 0 Å². The lowest BCUT2D eigenvalue weighted by Gasteiger charge is -2.08. The molecule has 0 amide bonds. The average Bonchev–Trinajstić information content (AvgIpc) is 2.33. The number of hydrogen-bond acceptors (Lipinski definition) is 3. The second-order valence-corrected chi connectivity index (χ2v) is 4.83. The first-order valence-electron chi connectivity index (χ1n) is 7.11. The third-order valence-electron chi connectivity index (χ3n) is 2.72. The van der Waals surface area contributed by atoms with Gasteiger partial charge < -0.3 is 16.6 Å². The second kappa shape index (κ2) is 11.1. The van der Waals surface area contributed by atoms with Crippen LogP contribution < -0.4 is 11.5 Å². The topological polar surface area (TPSA) is 102 Å². The SMILES string of the molecule is CCCCC/C(O)=C/[C@@H](CC/C=C/C(C)=O)N=C(N)N. The van der Waals surface area contributed by atoms with E-state index in [0.29, 0.717) is 25.0 Å². The van der Waals surface area contributed by atoms with Gasteiger partial charge in [0.2, 0.25) is 0 Å². The van der Waals surface area contributed by atoms with Crippen molar-refractivity contribution in [1.29, 1.82) is 0 Å². The smallest absolute Gasteiger partial charge is 0.186 e. The van der Waals surface area contributed by atoms with Gasteiger partial charge >= 0.3 is 0 Å². The van der Waals surface area contributed by atoms with Crippen molar-refractivity contribution in [3.8, 4) is 0 Å². The van der Waals surface area contributed by atoms with Crippen LogP contribution in [0.15, 0.2) is 29.0 Å². The Morgan fingerprint density at radius 3 is 2.60 bits per heavy atom. The molecule has 20 heavy (non-hydrogen) atoms. The Balaban J connectivity index is 4.44. The third kappa shape index (κ3) is 11.3. The van der Waals surface area contributed by atoms with Crippen molar-refractivity contribution in [2.75, 3.05) is 0 Å². The zero-order valence-electron chi connectivity index (χ0n) is 12.5. The first-order chi connectivity index (χ1) is 9.45. The molecule has 0 aromatic rings. The number of ketones is 1. The Bertz CT molecular complexity index is 369. The van der Waals surface area contributed by atoms with E-state index < -0.39 is 0 Å². The fourth-order valence-corrected chi connectivity index (χ4v) is 1.75. The summed E-state index contributed by atoms with van der Waals surface area (Å²) in [6, 6.07) is -0.252. The number of nitrogens with zero attached hydrogens (tertiary/aromatic N) is 1. The van der Waals surface area contributed by atoms with E-state index in [1.165, 1.54) is 13.0 Å². The number of guanidine groups is 1. The molecule has 0 spiro atoms. The highest BCUT2D eigenvalue weighted by molar-refractivity contribution is 5.87. The van der Waals surface area contributed by atoms with Crippen molar-refractivity contribution in [2.24, 2.45) is 16.5 Å². The Morgan fingerprint density at radius 2 is 2.05 bits per heavy atom. The Morgan fingerprint density at radius 1 is 1.35 bits per heavy atom. The van der Waals surface area contributed by atoms with Crippen LogP contribution in [0, 0.1) is 0 Å². The number of hydrogen-bond donors (Lipinski definition) is 3. The lowest BCUT2D eigenvalue weighted by molar-refractivity contribution is -0.112. The van der Waals surface area contributed by atoms with Crippen molar-refractivity contribution in [1.82, 2.24) is 0 Å². The van der Waals surface area contributed by atoms with Crippen LogP contribution in [0.3, 0.4) is 0 Å². The normalized spacial score (nSPS) is 13.4. The van der Waals surface area contributed by atoms with E-state index in [1.54, 1.807) is 12.2 Å². The van der Waals surface area contributed by atoms with Crippen LogP contribution in [0.25, 0.3) is 0 Å². The van der Waals surface area contributed by atoms with E-state index in [2.05, 4.69) is 11.9 Å². The van der Waals surface area contributed by atoms with Crippen LogP contribution in [-0.2, 0) is 4.79 Å². The molecule has 0 saturated heterocycles. The number of carbonyl (C=O) groups excluding carboxylic acids is 1. The summed E-state index contributed by atoms with van der Waals surface area (Å²) in [6.07, 6.45) is 10.1. The maximum Gasteiger partial charge on any atom is 0.186 e. The Labute approximate surface area is 121 Å². The fraction of sp³-hybridized carbons (Fsp3) is 0.600. The lowest BCUT2D eigenvalue weighted by Crippen LogP contribution is -2.25. The molecule has 0 bridgehead atoms. The van der Waals surface area contributed by atoms with Crippen molar-refractivity contribution in [2.45, 2.75) is 58.4 Å². The molecule has 0 aliphatic carbocycles. The first kappa shape index (κ1) is 18.2. The first-order valence-corrected chi connectivity index (χ1v) is 7.11. The Kier molecular flexibility index (Phi) is 10.1. The summed E-state index contributed by atoms with van der Waals surface area (Å²) in [4.78, 5) is 14.9. The monoisotopic (exact) mass is 281 g/mol. The summed E-state index contributed by atoms with van der Waals surface area (Å²) in [5, 5.41) is 9.84. The van der Waals surface area contributed by atoms with E-state index in [9.17, 15) is 9.90 Å². The summed E-state index contributed by atoms with van der Waals surface area (Å²) in [5.74, 6) is 0.341. The van der Waals surface area contributed by atoms with Crippen molar-refractivity contribution < 1.29 is 9.90 Å². The molecular weight excluding hydrogens is 254 g/mol. The van der Waals surface area contributed by atoms with Crippen LogP contribution in [0.2, 0.25) is 0 Å². The van der Waals surface area contributed by atoms with E-state index in [0.717, 1.165) is 19.3 Å². The number of carbonyl (C=O) groups is 1. The average molecular weight is 281 g/mol. The van der Waals surface area contributed by atoms with E-state index in [1.807, 2.05) is 0 Å². The number of aliphatic hydroxyl groups is 1. The molecule has 0 rings (SSSR count). The molecule has 5 nitrogen and oxygen atoms in total. The van der Waals surface area contributed by atoms with Gasteiger partial charge in [0.15, 0.2) is 11.7 Å². The number of nitrogens with two attached hydrogens (primary N) is 2. The van der Waals surface area contributed by atoms with Crippen molar-refractivity contribution in [3.05, 3.63) is 24.0 Å². The third-order valence-corrected chi connectivity index (χ3v) is 2.72. The van der Waals surface area contributed by atoms with E-state index >= 15 is 0 Å². The molecule has 0 aliphatic heterocycles. The number of aliphatic imine (C=N–C) groups is 1. The summed E-state index contributed by atoms with van der Waals surface area (Å²) in [5.41, 5.74) is 10.8. The van der Waals surface area contributed by atoms with Crippen molar-refractivity contribution in [3.63, 3.8) is 0 Å². The number of allylic oxidation sites excluding steroid dienone is 3. The molecule has 0 aromatic heterocycles. The summed E-state index contributed by atoms with van der Waals surface area (Å²) in [7, 11) is 0. The van der Waals surface area contributed by atoms with Gasteiger partial charge in [0.1, 0.15) is 0 Å². The lowest BCUT2D eigenvalue weighted by atomic mass is 10.1. The molecule has 0 aromatic carbocycles. The molecule has 5 N–H and O–H groups in total. The molecule has 0 aliphatic rings. The maximum absolute atomic E-state index is 10.8. The standard InChI is InChI=1S/C15H27N3O2/c1-3-4-5-10-14(20)11-13(18-15(16)17)9-7-6-8-12(2)19/h6,8,11,13,20H,3-5,7,9-10H2,1-2H3,(H4,16,17,18)/b8-6+,14-11-/t13-/m1/s1. The molecular formula is C15H27N3O2. The highest BCUT2D eigenvalue weighted by Crippen LogP contribution is 2.11. The predicted octanol–water partition coefficient (Wildman–Crippen LogP) is 2.58. The Hall–Kier alpha value is -1.78. The predicted molar refractivity (Wildman–Crippen MR) is 83.5 cm³/mol. The van der Waals surface area contributed by atoms with Crippen molar-refractivity contribution >= 4 is 11.7 Å². The molecule has 0 heterocycles. The second-order valence-electron chi connectivity index (χ2n) is 4.83. The van der Waals surface area contributed by atoms with Crippen LogP contribution in [-0.4, -0.2) is 22.9 Å². The zero-order valence-corrected chi connectivity index (χ0v) is 12.5. The van der Waals surface area contributed by atoms with Gasteiger partial charge in [-0.15, -0.1) is 0 Å². The van der Waals surface area contributed by atoms with E-state index in [-0.39, 0.29) is 17.8 Å². The van der Waals surface area contributed by atoms with Crippen LogP contribution in [0.1, 0.15) is 52.4 Å². The molecule has 5 heteroatoms. The minimum atomic E-state index is -0.252. The fourth-order valence-electron chi connectivity index (χ4n) is 1.75. The van der Waals surface area contributed by atoms with Gasteiger partial charge in [-0.3, -0.25) is 4.79 Å². The molecule has 0 saturated carbocycles. The molecule has 0 unspecified atom stereocenters. The summed E-state index contributed by atoms with van der Waals surface area (Å²) >= 11 is 0. The highest BCUT2D eigenvalue weighted by atomic mass is 16.3. The zero-order chi connectivity index (χ0) is 15.4. The summed E-state index contributed by atoms with van der Waals surface area (Å²) in [6.45, 7) is 3.62. The van der Waals surface area contributed by atoms with Gasteiger partial charge in [-0.05, 0) is 38.3 Å². The van der Waals surface area contributed by atoms with Gasteiger partial charge in [0.05, 0.1) is 11.8 Å². The summed E-state index contributed by atoms with van der Waals surface area (Å²) < 4.78 is 0. The number of rotatable bonds is 10. The van der Waals surface area contributed by atoms with Crippen LogP contribution in [0.4, 0.5) is 0 Å². The number of aliphatic hydroxyl groups excluding tert-OH is 1. The number of unbranched alkanes of at least 4 members (excludes halogenated alkanes) is 2. The molecule has 0 fully saturated rings. The minimum Gasteiger partial charge on any atom is -0.513 e. The maximum atomic E-state index is 10.8. The molecule has 1 atom stereocenters. The highest BCUT2D eigenvalue weighted by Gasteiger charge is 2.05. The molecule has 114 valence electrons. The van der Waals surface area contributed by atoms with Gasteiger partial charge in [-0.2, -0.15) is 0 Å². The molecule has 0 radical (unpaired) electrons. The van der Waals surface area contributed by atoms with Gasteiger partial charge in [0, 0.05) is 6.42 Å². The van der Waals surface area contributed by atoms with Gasteiger partial charge in [0.25, 0.3) is 0 Å². The minimum absolute atomic E-state index is 0.00292. The van der Waals surface area contributed by atoms with Gasteiger partial charge in [-0.1, -0.05) is 25.8 Å². The quantitative estimate of drug-likeness (QED) is 0.188. The largest absolute Gasteiger partial charge is 0.513 e. The van der Waals surface area contributed by atoms with Crippen LogP contribution >= 0.6 is 0 Å². The van der Waals surface area contributed by atoms with Gasteiger partial charge in [-0.25, -0.2) is 4.99 Å².